The van der Waals surface area contributed by atoms with Crippen molar-refractivity contribution in [2.24, 2.45) is 0 Å². The predicted molar refractivity (Wildman–Crippen MR) is 61.9 cm³/mol. The molecule has 0 saturated carbocycles. The fraction of sp³-hybridized carbons (Fsp3) is 0.167. The number of aryl methyl sites for hydroxylation is 1. The van der Waals surface area contributed by atoms with E-state index in [-0.39, 0.29) is 12.4 Å². The van der Waals surface area contributed by atoms with Gasteiger partial charge in [0.15, 0.2) is 11.6 Å². The number of anilines is 1. The minimum absolute atomic E-state index is 0.208. The smallest absolute Gasteiger partial charge is 0.166 e. The van der Waals surface area contributed by atoms with Crippen LogP contribution in [0.4, 0.5) is 10.2 Å². The zero-order valence-electron chi connectivity index (χ0n) is 9.35. The molecule has 0 radical (unpaired) electrons. The van der Waals surface area contributed by atoms with Gasteiger partial charge in [0, 0.05) is 17.5 Å². The number of nitrogens with two attached hydrogens (primary N) is 1. The Kier molecular flexibility index (Phi) is 3.18. The van der Waals surface area contributed by atoms with Crippen LogP contribution in [-0.4, -0.2) is 9.97 Å². The minimum Gasteiger partial charge on any atom is -0.485 e. The van der Waals surface area contributed by atoms with Gasteiger partial charge in [-0.15, -0.1) is 0 Å². The van der Waals surface area contributed by atoms with E-state index in [1.807, 2.05) is 6.92 Å². The molecular formula is C12H12FN3O. The quantitative estimate of drug-likeness (QED) is 0.881. The molecule has 4 nitrogen and oxygen atoms in total. The van der Waals surface area contributed by atoms with Crippen LogP contribution in [0.5, 0.6) is 5.75 Å². The Bertz CT molecular complexity index is 531. The first-order chi connectivity index (χ1) is 8.15. The van der Waals surface area contributed by atoms with Crippen molar-refractivity contribution in [3.05, 3.63) is 47.7 Å². The fourth-order valence-corrected chi connectivity index (χ4v) is 1.38. The molecular weight excluding hydrogens is 221 g/mol. The van der Waals surface area contributed by atoms with E-state index in [0.717, 1.165) is 11.9 Å². The Morgan fingerprint density at radius 3 is 2.88 bits per heavy atom. The van der Waals surface area contributed by atoms with Crippen LogP contribution in [0, 0.1) is 12.7 Å². The second kappa shape index (κ2) is 4.78. The number of halogens is 1. The van der Waals surface area contributed by atoms with Gasteiger partial charge in [0.2, 0.25) is 0 Å². The monoisotopic (exact) mass is 233 g/mol. The molecule has 2 rings (SSSR count). The van der Waals surface area contributed by atoms with E-state index in [9.17, 15) is 4.39 Å². The summed E-state index contributed by atoms with van der Waals surface area (Å²) >= 11 is 0. The number of hydrogen-bond acceptors (Lipinski definition) is 4. The van der Waals surface area contributed by atoms with Crippen molar-refractivity contribution in [1.29, 1.82) is 0 Å². The average Bonchev–Trinajstić information content (AvgIpc) is 2.28. The molecule has 2 N–H and O–H groups in total. The summed E-state index contributed by atoms with van der Waals surface area (Å²) in [6.45, 7) is 2.05. The Hall–Kier alpha value is -2.17. The van der Waals surface area contributed by atoms with Crippen LogP contribution in [0.1, 0.15) is 11.3 Å². The number of rotatable bonds is 3. The molecule has 2 heterocycles. The van der Waals surface area contributed by atoms with Crippen molar-refractivity contribution in [2.75, 3.05) is 5.73 Å². The van der Waals surface area contributed by atoms with Crippen molar-refractivity contribution >= 4 is 5.82 Å². The molecule has 2 aromatic rings. The molecule has 17 heavy (non-hydrogen) atoms. The summed E-state index contributed by atoms with van der Waals surface area (Å²) in [7, 11) is 0. The number of ether oxygens (including phenoxy) is 1. The van der Waals surface area contributed by atoms with Crippen LogP contribution >= 0.6 is 0 Å². The maximum Gasteiger partial charge on any atom is 0.166 e. The average molecular weight is 233 g/mol. The Balaban J connectivity index is 2.07. The van der Waals surface area contributed by atoms with Crippen LogP contribution in [0.25, 0.3) is 0 Å². The highest BCUT2D eigenvalue weighted by Gasteiger charge is 2.03. The summed E-state index contributed by atoms with van der Waals surface area (Å²) < 4.78 is 18.3. The second-order valence-corrected chi connectivity index (χ2v) is 3.64. The lowest BCUT2D eigenvalue weighted by molar-refractivity contribution is 0.305. The molecule has 0 aromatic carbocycles. The van der Waals surface area contributed by atoms with Gasteiger partial charge in [0.25, 0.3) is 0 Å². The summed E-state index contributed by atoms with van der Waals surface area (Å²) in [5, 5.41) is 0. The molecule has 0 amide bonds. The normalized spacial score (nSPS) is 10.2. The second-order valence-electron chi connectivity index (χ2n) is 3.64. The van der Waals surface area contributed by atoms with Crippen molar-refractivity contribution < 1.29 is 9.13 Å². The molecule has 0 aliphatic carbocycles. The number of hydrogen-bond donors (Lipinski definition) is 1. The maximum absolute atomic E-state index is 12.9. The number of pyridine rings is 2. The molecule has 0 bridgehead atoms. The van der Waals surface area contributed by atoms with Crippen LogP contribution in [-0.2, 0) is 6.61 Å². The van der Waals surface area contributed by atoms with Gasteiger partial charge >= 0.3 is 0 Å². The lowest BCUT2D eigenvalue weighted by Gasteiger charge is -2.08. The standard InChI is InChI=1S/C12H12FN3O/c1-8-2-3-11(12(14)16-8)17-7-9-4-10(13)6-15-5-9/h2-6H,7H2,1H3,(H2,14,16). The Morgan fingerprint density at radius 1 is 1.35 bits per heavy atom. The summed E-state index contributed by atoms with van der Waals surface area (Å²) in [5.74, 6) is 0.426. The van der Waals surface area contributed by atoms with Crippen molar-refractivity contribution in [3.8, 4) is 5.75 Å². The minimum atomic E-state index is -0.388. The molecule has 0 fully saturated rings. The van der Waals surface area contributed by atoms with Crippen LogP contribution in [0.15, 0.2) is 30.6 Å². The zero-order valence-corrected chi connectivity index (χ0v) is 9.35. The molecule has 5 heteroatoms. The third kappa shape index (κ3) is 2.90. The lowest BCUT2D eigenvalue weighted by Crippen LogP contribution is -2.01. The zero-order chi connectivity index (χ0) is 12.3. The topological polar surface area (TPSA) is 61.0 Å². The number of aromatic nitrogens is 2. The highest BCUT2D eigenvalue weighted by Crippen LogP contribution is 2.20. The molecule has 0 spiro atoms. The van der Waals surface area contributed by atoms with Gasteiger partial charge in [-0.1, -0.05) is 0 Å². The van der Waals surface area contributed by atoms with Crippen LogP contribution in [0.3, 0.4) is 0 Å². The summed E-state index contributed by atoms with van der Waals surface area (Å²) in [6, 6.07) is 4.91. The molecule has 0 unspecified atom stereocenters. The number of nitrogens with zero attached hydrogens (tertiary/aromatic N) is 2. The first kappa shape index (κ1) is 11.3. The van der Waals surface area contributed by atoms with Gasteiger partial charge in [-0.2, -0.15) is 0 Å². The highest BCUT2D eigenvalue weighted by atomic mass is 19.1. The van der Waals surface area contributed by atoms with Crippen LogP contribution in [0.2, 0.25) is 0 Å². The lowest BCUT2D eigenvalue weighted by atomic mass is 10.3. The predicted octanol–water partition coefficient (Wildman–Crippen LogP) is 2.09. The van der Waals surface area contributed by atoms with E-state index in [2.05, 4.69) is 9.97 Å². The third-order valence-corrected chi connectivity index (χ3v) is 2.18. The Morgan fingerprint density at radius 2 is 2.18 bits per heavy atom. The highest BCUT2D eigenvalue weighted by molar-refractivity contribution is 5.46. The van der Waals surface area contributed by atoms with Gasteiger partial charge in [0.05, 0.1) is 6.20 Å². The van der Waals surface area contributed by atoms with Gasteiger partial charge in [-0.3, -0.25) is 4.98 Å². The fourth-order valence-electron chi connectivity index (χ4n) is 1.38. The first-order valence-corrected chi connectivity index (χ1v) is 5.10. The van der Waals surface area contributed by atoms with Crippen LogP contribution < -0.4 is 10.5 Å². The SMILES string of the molecule is Cc1ccc(OCc2cncc(F)c2)c(N)n1. The van der Waals surface area contributed by atoms with Gasteiger partial charge in [-0.05, 0) is 25.1 Å². The number of nitrogen functional groups attached to an aromatic ring is 1. The third-order valence-electron chi connectivity index (χ3n) is 2.18. The van der Waals surface area contributed by atoms with Crippen molar-refractivity contribution in [1.82, 2.24) is 9.97 Å². The van der Waals surface area contributed by atoms with E-state index in [4.69, 9.17) is 10.5 Å². The summed E-state index contributed by atoms with van der Waals surface area (Å²) in [4.78, 5) is 7.80. The van der Waals surface area contributed by atoms with Gasteiger partial charge in [0.1, 0.15) is 12.4 Å². The first-order valence-electron chi connectivity index (χ1n) is 5.10. The molecule has 88 valence electrons. The maximum atomic E-state index is 12.9. The summed E-state index contributed by atoms with van der Waals surface area (Å²) in [5.41, 5.74) is 7.15. The van der Waals surface area contributed by atoms with E-state index in [1.165, 1.54) is 6.07 Å². The molecule has 2 aromatic heterocycles. The molecule has 0 aliphatic rings. The Labute approximate surface area is 98.3 Å². The van der Waals surface area contributed by atoms with Crippen molar-refractivity contribution in [3.63, 3.8) is 0 Å². The van der Waals surface area contributed by atoms with Gasteiger partial charge < -0.3 is 10.5 Å². The largest absolute Gasteiger partial charge is 0.485 e. The van der Waals surface area contributed by atoms with E-state index < -0.39 is 0 Å². The summed E-state index contributed by atoms with van der Waals surface area (Å²) in [6.07, 6.45) is 2.69. The van der Waals surface area contributed by atoms with E-state index in [1.54, 1.807) is 18.3 Å². The molecule has 0 aliphatic heterocycles. The molecule has 0 atom stereocenters. The van der Waals surface area contributed by atoms with E-state index in [0.29, 0.717) is 17.1 Å². The van der Waals surface area contributed by atoms with E-state index >= 15 is 0 Å². The van der Waals surface area contributed by atoms with Gasteiger partial charge in [-0.25, -0.2) is 9.37 Å². The molecule has 0 saturated heterocycles. The van der Waals surface area contributed by atoms with Crippen molar-refractivity contribution in [2.45, 2.75) is 13.5 Å².